The number of carbonyl (C=O) groups is 1. The quantitative estimate of drug-likeness (QED) is 0.270. The van der Waals surface area contributed by atoms with Gasteiger partial charge in [-0.3, -0.25) is 4.79 Å². The lowest BCUT2D eigenvalue weighted by atomic mass is 10.1. The van der Waals surface area contributed by atoms with Gasteiger partial charge >= 0.3 is 6.18 Å². The van der Waals surface area contributed by atoms with Crippen molar-refractivity contribution in [3.05, 3.63) is 94.0 Å². The van der Waals surface area contributed by atoms with Gasteiger partial charge in [0, 0.05) is 10.6 Å². The maximum atomic E-state index is 13.2. The summed E-state index contributed by atoms with van der Waals surface area (Å²) in [6.07, 6.45) is -3.40. The van der Waals surface area contributed by atoms with E-state index in [1.807, 2.05) is 18.2 Å². The molecular weight excluding hydrogens is 481 g/mol. The van der Waals surface area contributed by atoms with E-state index in [1.165, 1.54) is 18.2 Å². The largest absolute Gasteiger partial charge is 0.490 e. The summed E-state index contributed by atoms with van der Waals surface area (Å²) in [6, 6.07) is 18.3. The standard InChI is InChI=1S/C26H20ClF3N2O3/c1-2-34-24-14-17(11-12-23(24)35-16-18-7-3-5-9-21(18)27)13-19(15-31)25(33)32-22-10-6-4-8-20(22)26(28,29)30/h3-14H,2,16H2,1H3,(H,32,33)/b19-13-. The molecule has 9 heteroatoms. The first-order valence-electron chi connectivity index (χ1n) is 10.5. The fraction of sp³-hybridized carbons (Fsp3) is 0.154. The van der Waals surface area contributed by atoms with Crippen LogP contribution in [0.3, 0.4) is 0 Å². The van der Waals surface area contributed by atoms with E-state index in [-0.39, 0.29) is 12.2 Å². The van der Waals surface area contributed by atoms with Gasteiger partial charge in [0.1, 0.15) is 18.2 Å². The number of anilines is 1. The summed E-state index contributed by atoms with van der Waals surface area (Å²) in [4.78, 5) is 12.6. The maximum Gasteiger partial charge on any atom is 0.418 e. The summed E-state index contributed by atoms with van der Waals surface area (Å²) in [7, 11) is 0. The Hall–Kier alpha value is -3.96. The highest BCUT2D eigenvalue weighted by Crippen LogP contribution is 2.35. The molecule has 0 aliphatic rings. The third kappa shape index (κ3) is 6.78. The van der Waals surface area contributed by atoms with Crippen molar-refractivity contribution in [3.63, 3.8) is 0 Å². The Morgan fingerprint density at radius 1 is 1.06 bits per heavy atom. The number of para-hydroxylation sites is 1. The normalized spacial score (nSPS) is 11.5. The third-order valence-electron chi connectivity index (χ3n) is 4.77. The lowest BCUT2D eigenvalue weighted by Crippen LogP contribution is -2.17. The summed E-state index contributed by atoms with van der Waals surface area (Å²) < 4.78 is 51.1. The van der Waals surface area contributed by atoms with E-state index in [9.17, 15) is 23.2 Å². The van der Waals surface area contributed by atoms with Crippen LogP contribution in [0.15, 0.2) is 72.3 Å². The van der Waals surface area contributed by atoms with Crippen LogP contribution in [0, 0.1) is 11.3 Å². The molecule has 35 heavy (non-hydrogen) atoms. The van der Waals surface area contributed by atoms with Gasteiger partial charge < -0.3 is 14.8 Å². The Bertz CT molecular complexity index is 1280. The van der Waals surface area contributed by atoms with Crippen LogP contribution in [0.5, 0.6) is 11.5 Å². The summed E-state index contributed by atoms with van der Waals surface area (Å²) in [5.74, 6) is -0.180. The molecular formula is C26H20ClF3N2O3. The van der Waals surface area contributed by atoms with E-state index in [1.54, 1.807) is 37.3 Å². The van der Waals surface area contributed by atoms with Crippen LogP contribution < -0.4 is 14.8 Å². The first kappa shape index (κ1) is 25.7. The number of alkyl halides is 3. The number of hydrogen-bond acceptors (Lipinski definition) is 4. The number of benzene rings is 3. The average molecular weight is 501 g/mol. The molecule has 0 aliphatic heterocycles. The van der Waals surface area contributed by atoms with Crippen molar-refractivity contribution < 1.29 is 27.4 Å². The molecule has 0 saturated carbocycles. The number of nitriles is 1. The van der Waals surface area contributed by atoms with Crippen molar-refractivity contribution in [1.82, 2.24) is 0 Å². The van der Waals surface area contributed by atoms with Gasteiger partial charge in [0.15, 0.2) is 11.5 Å². The zero-order valence-electron chi connectivity index (χ0n) is 18.5. The van der Waals surface area contributed by atoms with Crippen molar-refractivity contribution in [1.29, 1.82) is 5.26 Å². The molecule has 5 nitrogen and oxygen atoms in total. The molecule has 180 valence electrons. The summed E-state index contributed by atoms with van der Waals surface area (Å²) >= 11 is 6.16. The van der Waals surface area contributed by atoms with E-state index < -0.39 is 23.3 Å². The minimum atomic E-state index is -4.66. The third-order valence-corrected chi connectivity index (χ3v) is 5.13. The lowest BCUT2D eigenvalue weighted by Gasteiger charge is -2.14. The van der Waals surface area contributed by atoms with Crippen LogP contribution in [0.25, 0.3) is 6.08 Å². The van der Waals surface area contributed by atoms with Crippen molar-refractivity contribution in [2.75, 3.05) is 11.9 Å². The molecule has 0 bridgehead atoms. The predicted octanol–water partition coefficient (Wildman–Crippen LogP) is 6.88. The molecule has 0 heterocycles. The second-order valence-electron chi connectivity index (χ2n) is 7.19. The molecule has 0 atom stereocenters. The van der Waals surface area contributed by atoms with Crippen LogP contribution in [0.2, 0.25) is 5.02 Å². The molecule has 0 saturated heterocycles. The van der Waals surface area contributed by atoms with Crippen LogP contribution in [0.1, 0.15) is 23.6 Å². The van der Waals surface area contributed by atoms with Gasteiger partial charge in [-0.2, -0.15) is 18.4 Å². The Kier molecular flexibility index (Phi) is 8.39. The number of rotatable bonds is 8. The van der Waals surface area contributed by atoms with Crippen LogP contribution in [-0.2, 0) is 17.6 Å². The first-order chi connectivity index (χ1) is 16.7. The van der Waals surface area contributed by atoms with Crippen LogP contribution in [0.4, 0.5) is 18.9 Å². The van der Waals surface area contributed by atoms with E-state index in [0.29, 0.717) is 28.7 Å². The van der Waals surface area contributed by atoms with Gasteiger partial charge in [-0.1, -0.05) is 48.0 Å². The highest BCUT2D eigenvalue weighted by atomic mass is 35.5. The molecule has 1 N–H and O–H groups in total. The van der Waals surface area contributed by atoms with E-state index in [2.05, 4.69) is 5.32 Å². The van der Waals surface area contributed by atoms with E-state index in [0.717, 1.165) is 17.7 Å². The molecule has 0 unspecified atom stereocenters. The molecule has 0 spiro atoms. The van der Waals surface area contributed by atoms with Crippen molar-refractivity contribution in [2.24, 2.45) is 0 Å². The lowest BCUT2D eigenvalue weighted by molar-refractivity contribution is -0.137. The summed E-state index contributed by atoms with van der Waals surface area (Å²) in [6.45, 7) is 2.31. The minimum absolute atomic E-state index is 0.194. The van der Waals surface area contributed by atoms with Gasteiger partial charge in [-0.25, -0.2) is 0 Å². The van der Waals surface area contributed by atoms with Crippen LogP contribution in [-0.4, -0.2) is 12.5 Å². The average Bonchev–Trinajstić information content (AvgIpc) is 2.82. The predicted molar refractivity (Wildman–Crippen MR) is 127 cm³/mol. The molecule has 3 aromatic carbocycles. The van der Waals surface area contributed by atoms with Gasteiger partial charge in [0.25, 0.3) is 5.91 Å². The highest BCUT2D eigenvalue weighted by molar-refractivity contribution is 6.31. The van der Waals surface area contributed by atoms with Crippen molar-refractivity contribution in [3.8, 4) is 17.6 Å². The molecule has 3 aromatic rings. The zero-order chi connectivity index (χ0) is 25.4. The number of nitrogens with zero attached hydrogens (tertiary/aromatic N) is 1. The number of nitrogens with one attached hydrogen (secondary N) is 1. The van der Waals surface area contributed by atoms with Gasteiger partial charge in [-0.15, -0.1) is 0 Å². The number of ether oxygens (including phenoxy) is 2. The van der Waals surface area contributed by atoms with Gasteiger partial charge in [-0.05, 0) is 48.9 Å². The minimum Gasteiger partial charge on any atom is -0.490 e. The SMILES string of the molecule is CCOc1cc(/C=C(/C#N)C(=O)Nc2ccccc2C(F)(F)F)ccc1OCc1ccccc1Cl. The first-order valence-corrected chi connectivity index (χ1v) is 10.8. The summed E-state index contributed by atoms with van der Waals surface area (Å²) in [5, 5.41) is 12.2. The highest BCUT2D eigenvalue weighted by Gasteiger charge is 2.33. The smallest absolute Gasteiger partial charge is 0.418 e. The second kappa shape index (κ2) is 11.4. The number of halogens is 4. The molecule has 1 amide bonds. The Morgan fingerprint density at radius 2 is 1.77 bits per heavy atom. The number of carbonyl (C=O) groups excluding carboxylic acids is 1. The van der Waals surface area contributed by atoms with Gasteiger partial charge in [0.05, 0.1) is 17.9 Å². The Balaban J connectivity index is 1.83. The Morgan fingerprint density at radius 3 is 2.46 bits per heavy atom. The molecule has 0 aliphatic carbocycles. The Labute approximate surface area is 205 Å². The second-order valence-corrected chi connectivity index (χ2v) is 7.59. The number of hydrogen-bond donors (Lipinski definition) is 1. The molecule has 3 rings (SSSR count). The molecule has 0 aromatic heterocycles. The summed E-state index contributed by atoms with van der Waals surface area (Å²) in [5.41, 5.74) is -0.625. The maximum absolute atomic E-state index is 13.2. The molecule has 0 radical (unpaired) electrons. The zero-order valence-corrected chi connectivity index (χ0v) is 19.3. The van der Waals surface area contributed by atoms with Crippen LogP contribution >= 0.6 is 11.6 Å². The van der Waals surface area contributed by atoms with Crippen molar-refractivity contribution >= 4 is 29.3 Å². The topological polar surface area (TPSA) is 71.3 Å². The van der Waals surface area contributed by atoms with E-state index >= 15 is 0 Å². The fourth-order valence-corrected chi connectivity index (χ4v) is 3.31. The fourth-order valence-electron chi connectivity index (χ4n) is 3.12. The van der Waals surface area contributed by atoms with Gasteiger partial charge in [0.2, 0.25) is 0 Å². The van der Waals surface area contributed by atoms with E-state index in [4.69, 9.17) is 21.1 Å². The van der Waals surface area contributed by atoms with Crippen molar-refractivity contribution in [2.45, 2.75) is 19.7 Å². The monoisotopic (exact) mass is 500 g/mol. The number of amides is 1. The molecule has 0 fully saturated rings.